The standard InChI is InChI=1S/C18H25N3O2/c1-14-13-20(11-9-19-14)18(23)16-8-5-10-21(16)17(22)12-15-6-3-2-4-7-15/h2-4,6-7,14,16,19H,5,8-13H2,1H3. The van der Waals surface area contributed by atoms with Gasteiger partial charge in [-0.2, -0.15) is 0 Å². The molecule has 2 saturated heterocycles. The summed E-state index contributed by atoms with van der Waals surface area (Å²) in [5.41, 5.74) is 1.01. The summed E-state index contributed by atoms with van der Waals surface area (Å²) in [5.74, 6) is 0.187. The number of hydrogen-bond acceptors (Lipinski definition) is 3. The molecule has 0 spiro atoms. The first-order valence-electron chi connectivity index (χ1n) is 8.50. The number of carbonyl (C=O) groups excluding carboxylic acids is 2. The largest absolute Gasteiger partial charge is 0.338 e. The van der Waals surface area contributed by atoms with Crippen LogP contribution in [0.2, 0.25) is 0 Å². The molecular formula is C18H25N3O2. The first-order valence-corrected chi connectivity index (χ1v) is 8.50. The SMILES string of the molecule is CC1CN(C(=O)C2CCCN2C(=O)Cc2ccccc2)CCN1. The van der Waals surface area contributed by atoms with E-state index in [2.05, 4.69) is 12.2 Å². The Kier molecular flexibility index (Phi) is 4.96. The van der Waals surface area contributed by atoms with Crippen molar-refractivity contribution in [1.82, 2.24) is 15.1 Å². The van der Waals surface area contributed by atoms with E-state index in [0.29, 0.717) is 19.0 Å². The van der Waals surface area contributed by atoms with Crippen LogP contribution in [0.15, 0.2) is 30.3 Å². The maximum absolute atomic E-state index is 12.8. The van der Waals surface area contributed by atoms with Crippen molar-refractivity contribution in [2.45, 2.75) is 38.3 Å². The van der Waals surface area contributed by atoms with Crippen molar-refractivity contribution in [3.8, 4) is 0 Å². The lowest BCUT2D eigenvalue weighted by Gasteiger charge is -2.35. The lowest BCUT2D eigenvalue weighted by Crippen LogP contribution is -2.56. The molecule has 0 aliphatic carbocycles. The van der Waals surface area contributed by atoms with Gasteiger partial charge in [-0.05, 0) is 25.3 Å². The first-order chi connectivity index (χ1) is 11.1. The number of nitrogens with one attached hydrogen (secondary N) is 1. The highest BCUT2D eigenvalue weighted by Crippen LogP contribution is 2.21. The Labute approximate surface area is 137 Å². The zero-order valence-electron chi connectivity index (χ0n) is 13.7. The van der Waals surface area contributed by atoms with E-state index in [4.69, 9.17) is 0 Å². The highest BCUT2D eigenvalue weighted by molar-refractivity contribution is 5.89. The fourth-order valence-corrected chi connectivity index (χ4v) is 3.54. The van der Waals surface area contributed by atoms with E-state index >= 15 is 0 Å². The van der Waals surface area contributed by atoms with Crippen LogP contribution in [-0.2, 0) is 16.0 Å². The summed E-state index contributed by atoms with van der Waals surface area (Å²) in [5, 5.41) is 3.35. The highest BCUT2D eigenvalue weighted by atomic mass is 16.2. The van der Waals surface area contributed by atoms with Gasteiger partial charge in [0.2, 0.25) is 11.8 Å². The Hall–Kier alpha value is -1.88. The highest BCUT2D eigenvalue weighted by Gasteiger charge is 2.37. The van der Waals surface area contributed by atoms with Gasteiger partial charge < -0.3 is 15.1 Å². The third kappa shape index (κ3) is 3.72. The molecule has 2 aliphatic heterocycles. The summed E-state index contributed by atoms with van der Waals surface area (Å²) >= 11 is 0. The molecule has 2 atom stereocenters. The molecule has 0 radical (unpaired) electrons. The molecule has 2 amide bonds. The van der Waals surface area contributed by atoms with Crippen molar-refractivity contribution in [2.24, 2.45) is 0 Å². The van der Waals surface area contributed by atoms with Crippen LogP contribution in [0.3, 0.4) is 0 Å². The van der Waals surface area contributed by atoms with Gasteiger partial charge >= 0.3 is 0 Å². The van der Waals surface area contributed by atoms with Crippen molar-refractivity contribution < 1.29 is 9.59 Å². The molecule has 3 rings (SSSR count). The molecule has 0 saturated carbocycles. The predicted octanol–water partition coefficient (Wildman–Crippen LogP) is 1.04. The van der Waals surface area contributed by atoms with Crippen LogP contribution in [0, 0.1) is 0 Å². The number of piperazine rings is 1. The number of hydrogen-bond donors (Lipinski definition) is 1. The van der Waals surface area contributed by atoms with Crippen LogP contribution in [-0.4, -0.2) is 59.9 Å². The Morgan fingerprint density at radius 3 is 2.74 bits per heavy atom. The lowest BCUT2D eigenvalue weighted by atomic mass is 10.1. The van der Waals surface area contributed by atoms with Crippen LogP contribution in [0.1, 0.15) is 25.3 Å². The second kappa shape index (κ2) is 7.13. The molecule has 1 aromatic carbocycles. The number of nitrogens with zero attached hydrogens (tertiary/aromatic N) is 2. The van der Waals surface area contributed by atoms with Gasteiger partial charge in [-0.1, -0.05) is 30.3 Å². The third-order valence-corrected chi connectivity index (χ3v) is 4.74. The summed E-state index contributed by atoms with van der Waals surface area (Å²) in [6.07, 6.45) is 2.08. The minimum atomic E-state index is -0.267. The van der Waals surface area contributed by atoms with E-state index in [9.17, 15) is 9.59 Å². The Morgan fingerprint density at radius 2 is 2.00 bits per heavy atom. The number of likely N-dealkylation sites (tertiary alicyclic amines) is 1. The fraction of sp³-hybridized carbons (Fsp3) is 0.556. The second-order valence-electron chi connectivity index (χ2n) is 6.55. The Morgan fingerprint density at radius 1 is 1.22 bits per heavy atom. The van der Waals surface area contributed by atoms with Crippen molar-refractivity contribution in [2.75, 3.05) is 26.2 Å². The van der Waals surface area contributed by atoms with Gasteiger partial charge in [-0.15, -0.1) is 0 Å². The number of carbonyl (C=O) groups is 2. The zero-order chi connectivity index (χ0) is 16.2. The molecule has 124 valence electrons. The number of benzene rings is 1. The molecule has 23 heavy (non-hydrogen) atoms. The quantitative estimate of drug-likeness (QED) is 0.907. The minimum Gasteiger partial charge on any atom is -0.338 e. The molecule has 1 N–H and O–H groups in total. The zero-order valence-corrected chi connectivity index (χ0v) is 13.7. The van der Waals surface area contributed by atoms with E-state index in [1.807, 2.05) is 35.2 Å². The van der Waals surface area contributed by atoms with E-state index in [1.165, 1.54) is 0 Å². The monoisotopic (exact) mass is 315 g/mol. The van der Waals surface area contributed by atoms with E-state index in [0.717, 1.165) is 38.0 Å². The molecule has 0 aromatic heterocycles. The first kappa shape index (κ1) is 16.0. The average molecular weight is 315 g/mol. The Balaban J connectivity index is 1.65. The molecule has 5 heteroatoms. The minimum absolute atomic E-state index is 0.0650. The predicted molar refractivity (Wildman–Crippen MR) is 88.9 cm³/mol. The molecule has 5 nitrogen and oxygen atoms in total. The van der Waals surface area contributed by atoms with Crippen LogP contribution in [0.5, 0.6) is 0 Å². The van der Waals surface area contributed by atoms with Crippen LogP contribution in [0.25, 0.3) is 0 Å². The molecule has 2 unspecified atom stereocenters. The summed E-state index contributed by atoms with van der Waals surface area (Å²) in [4.78, 5) is 29.1. The van der Waals surface area contributed by atoms with Gasteiger partial charge in [0.15, 0.2) is 0 Å². The van der Waals surface area contributed by atoms with Crippen LogP contribution >= 0.6 is 0 Å². The van der Waals surface area contributed by atoms with Crippen LogP contribution < -0.4 is 5.32 Å². The maximum Gasteiger partial charge on any atom is 0.245 e. The van der Waals surface area contributed by atoms with Crippen molar-refractivity contribution >= 4 is 11.8 Å². The van der Waals surface area contributed by atoms with E-state index in [-0.39, 0.29) is 17.9 Å². The molecular weight excluding hydrogens is 290 g/mol. The van der Waals surface area contributed by atoms with Gasteiger partial charge in [-0.3, -0.25) is 9.59 Å². The molecule has 1 aromatic rings. The van der Waals surface area contributed by atoms with Gasteiger partial charge in [0.05, 0.1) is 6.42 Å². The van der Waals surface area contributed by atoms with Gasteiger partial charge in [-0.25, -0.2) is 0 Å². The summed E-state index contributed by atoms with van der Waals surface area (Å²) in [7, 11) is 0. The average Bonchev–Trinajstić information content (AvgIpc) is 3.05. The lowest BCUT2D eigenvalue weighted by molar-refractivity contribution is -0.144. The van der Waals surface area contributed by atoms with Crippen molar-refractivity contribution in [3.05, 3.63) is 35.9 Å². The molecule has 0 bridgehead atoms. The van der Waals surface area contributed by atoms with E-state index in [1.54, 1.807) is 4.90 Å². The number of amides is 2. The van der Waals surface area contributed by atoms with Gasteiger partial charge in [0.25, 0.3) is 0 Å². The molecule has 2 fully saturated rings. The summed E-state index contributed by atoms with van der Waals surface area (Å²) in [6, 6.07) is 9.81. The van der Waals surface area contributed by atoms with Gasteiger partial charge in [0, 0.05) is 32.2 Å². The molecule has 2 heterocycles. The number of rotatable bonds is 3. The van der Waals surface area contributed by atoms with Gasteiger partial charge in [0.1, 0.15) is 6.04 Å². The van der Waals surface area contributed by atoms with Crippen molar-refractivity contribution in [1.29, 1.82) is 0 Å². The smallest absolute Gasteiger partial charge is 0.245 e. The second-order valence-corrected chi connectivity index (χ2v) is 6.55. The fourth-order valence-electron chi connectivity index (χ4n) is 3.54. The summed E-state index contributed by atoms with van der Waals surface area (Å²) < 4.78 is 0. The maximum atomic E-state index is 12.8. The van der Waals surface area contributed by atoms with Crippen LogP contribution in [0.4, 0.5) is 0 Å². The van der Waals surface area contributed by atoms with E-state index < -0.39 is 0 Å². The third-order valence-electron chi connectivity index (χ3n) is 4.74. The summed E-state index contributed by atoms with van der Waals surface area (Å²) in [6.45, 7) is 5.09. The molecule has 2 aliphatic rings. The Bertz CT molecular complexity index is 561. The topological polar surface area (TPSA) is 52.7 Å². The van der Waals surface area contributed by atoms with Crippen molar-refractivity contribution in [3.63, 3.8) is 0 Å². The normalized spacial score (nSPS) is 24.7.